The zero-order valence-electron chi connectivity index (χ0n) is 10.9. The number of hydrogen-bond donors (Lipinski definition) is 1. The summed E-state index contributed by atoms with van der Waals surface area (Å²) in [6.07, 6.45) is 3.62. The standard InChI is InChI=1S/C14H16N4/c1-9-4-5-17-7-12(9)8-18-11(3)10(2)13(6-15)14(18)16/h4-5,7H,8,16H2,1-3H3. The van der Waals surface area contributed by atoms with Crippen molar-refractivity contribution >= 4 is 5.82 Å². The molecule has 18 heavy (non-hydrogen) atoms. The zero-order chi connectivity index (χ0) is 13.3. The van der Waals surface area contributed by atoms with Crippen LogP contribution in [0.2, 0.25) is 0 Å². The average molecular weight is 240 g/mol. The van der Waals surface area contributed by atoms with Gasteiger partial charge in [-0.15, -0.1) is 0 Å². The van der Waals surface area contributed by atoms with Gasteiger partial charge in [-0.1, -0.05) is 0 Å². The number of aromatic nitrogens is 2. The Bertz CT molecular complexity index is 632. The second kappa shape index (κ2) is 4.53. The van der Waals surface area contributed by atoms with Crippen molar-refractivity contribution in [1.82, 2.24) is 9.55 Å². The number of nitrogen functional groups attached to an aromatic ring is 1. The van der Waals surface area contributed by atoms with Crippen molar-refractivity contribution in [2.24, 2.45) is 0 Å². The van der Waals surface area contributed by atoms with Gasteiger partial charge in [0.05, 0.1) is 12.1 Å². The minimum Gasteiger partial charge on any atom is -0.384 e. The highest BCUT2D eigenvalue weighted by atomic mass is 15.1. The van der Waals surface area contributed by atoms with Gasteiger partial charge in [0.2, 0.25) is 0 Å². The Morgan fingerprint density at radius 3 is 2.67 bits per heavy atom. The molecule has 0 unspecified atom stereocenters. The van der Waals surface area contributed by atoms with Crippen molar-refractivity contribution in [2.45, 2.75) is 27.3 Å². The van der Waals surface area contributed by atoms with Gasteiger partial charge in [-0.3, -0.25) is 4.98 Å². The molecule has 2 N–H and O–H groups in total. The lowest BCUT2D eigenvalue weighted by Crippen LogP contribution is -2.07. The summed E-state index contributed by atoms with van der Waals surface area (Å²) in [7, 11) is 0. The van der Waals surface area contributed by atoms with E-state index in [2.05, 4.69) is 11.1 Å². The molecule has 0 saturated carbocycles. The highest BCUT2D eigenvalue weighted by molar-refractivity contribution is 5.58. The molecule has 2 aromatic rings. The molecule has 0 aliphatic heterocycles. The monoisotopic (exact) mass is 240 g/mol. The van der Waals surface area contributed by atoms with Gasteiger partial charge in [0, 0.05) is 18.1 Å². The van der Waals surface area contributed by atoms with Crippen LogP contribution in [0.5, 0.6) is 0 Å². The van der Waals surface area contributed by atoms with E-state index in [1.54, 1.807) is 6.20 Å². The van der Waals surface area contributed by atoms with Crippen LogP contribution in [0.25, 0.3) is 0 Å². The van der Waals surface area contributed by atoms with E-state index in [4.69, 9.17) is 11.0 Å². The van der Waals surface area contributed by atoms with E-state index in [0.717, 1.165) is 16.8 Å². The van der Waals surface area contributed by atoms with Crippen molar-refractivity contribution in [3.63, 3.8) is 0 Å². The topological polar surface area (TPSA) is 67.6 Å². The molecule has 0 saturated heterocycles. The molecule has 2 heterocycles. The van der Waals surface area contributed by atoms with E-state index >= 15 is 0 Å². The van der Waals surface area contributed by atoms with Crippen LogP contribution in [0.15, 0.2) is 18.5 Å². The second-order valence-corrected chi connectivity index (χ2v) is 4.47. The first-order chi connectivity index (χ1) is 8.56. The van der Waals surface area contributed by atoms with Crippen LogP contribution in [0, 0.1) is 32.1 Å². The summed E-state index contributed by atoms with van der Waals surface area (Å²) < 4.78 is 1.97. The quantitative estimate of drug-likeness (QED) is 0.875. The molecule has 4 nitrogen and oxygen atoms in total. The molecule has 0 radical (unpaired) electrons. The largest absolute Gasteiger partial charge is 0.384 e. The summed E-state index contributed by atoms with van der Waals surface area (Å²) in [5.41, 5.74) is 10.9. The minimum atomic E-state index is 0.538. The third kappa shape index (κ3) is 1.84. The molecule has 92 valence electrons. The number of aryl methyl sites for hydroxylation is 1. The third-order valence-corrected chi connectivity index (χ3v) is 3.46. The molecule has 0 spiro atoms. The summed E-state index contributed by atoms with van der Waals surface area (Å²) in [6.45, 7) is 6.61. The molecule has 4 heteroatoms. The smallest absolute Gasteiger partial charge is 0.122 e. The van der Waals surface area contributed by atoms with E-state index in [9.17, 15) is 0 Å². The number of nitrogens with two attached hydrogens (primary N) is 1. The van der Waals surface area contributed by atoms with Gasteiger partial charge in [0.25, 0.3) is 0 Å². The molecule has 2 aromatic heterocycles. The molecular weight excluding hydrogens is 224 g/mol. The van der Waals surface area contributed by atoms with Gasteiger partial charge < -0.3 is 10.3 Å². The highest BCUT2D eigenvalue weighted by Crippen LogP contribution is 2.24. The Balaban J connectivity index is 2.49. The SMILES string of the molecule is Cc1ccncc1Cn1c(C)c(C)c(C#N)c1N. The molecule has 0 fully saturated rings. The number of pyridine rings is 1. The first kappa shape index (κ1) is 12.2. The van der Waals surface area contributed by atoms with Crippen molar-refractivity contribution in [3.8, 4) is 6.07 Å². The zero-order valence-corrected chi connectivity index (χ0v) is 10.9. The summed E-state index contributed by atoms with van der Waals surface area (Å²) in [5.74, 6) is 0.538. The molecule has 0 aromatic carbocycles. The first-order valence-corrected chi connectivity index (χ1v) is 5.81. The van der Waals surface area contributed by atoms with E-state index in [-0.39, 0.29) is 0 Å². The van der Waals surface area contributed by atoms with Crippen molar-refractivity contribution < 1.29 is 0 Å². The molecule has 2 rings (SSSR count). The lowest BCUT2D eigenvalue weighted by atomic mass is 10.1. The van der Waals surface area contributed by atoms with E-state index in [1.165, 1.54) is 5.56 Å². The van der Waals surface area contributed by atoms with Crippen LogP contribution in [0.3, 0.4) is 0 Å². The van der Waals surface area contributed by atoms with Gasteiger partial charge in [0.15, 0.2) is 0 Å². The van der Waals surface area contributed by atoms with Crippen LogP contribution in [0.1, 0.15) is 27.9 Å². The summed E-state index contributed by atoms with van der Waals surface area (Å²) in [5, 5.41) is 9.10. The Kier molecular flexibility index (Phi) is 3.07. The van der Waals surface area contributed by atoms with Crippen LogP contribution in [-0.4, -0.2) is 9.55 Å². The predicted octanol–water partition coefficient (Wildman–Crippen LogP) is 2.31. The molecule has 0 bridgehead atoms. The number of nitriles is 1. The molecule has 0 amide bonds. The number of anilines is 1. The normalized spacial score (nSPS) is 10.3. The lowest BCUT2D eigenvalue weighted by molar-refractivity contribution is 0.775. The maximum atomic E-state index is 9.10. The van der Waals surface area contributed by atoms with E-state index < -0.39 is 0 Å². The summed E-state index contributed by atoms with van der Waals surface area (Å²) >= 11 is 0. The number of nitrogens with zero attached hydrogens (tertiary/aromatic N) is 3. The van der Waals surface area contributed by atoms with E-state index in [1.807, 2.05) is 37.6 Å². The van der Waals surface area contributed by atoms with Crippen LogP contribution < -0.4 is 5.73 Å². The van der Waals surface area contributed by atoms with E-state index in [0.29, 0.717) is 17.9 Å². The molecule has 0 atom stereocenters. The van der Waals surface area contributed by atoms with Gasteiger partial charge >= 0.3 is 0 Å². The highest BCUT2D eigenvalue weighted by Gasteiger charge is 2.15. The van der Waals surface area contributed by atoms with Crippen LogP contribution in [-0.2, 0) is 6.54 Å². The minimum absolute atomic E-state index is 0.538. The maximum absolute atomic E-state index is 9.10. The number of hydrogen-bond acceptors (Lipinski definition) is 3. The fourth-order valence-electron chi connectivity index (χ4n) is 2.07. The predicted molar refractivity (Wildman–Crippen MR) is 71.1 cm³/mol. The van der Waals surface area contributed by atoms with Crippen LogP contribution >= 0.6 is 0 Å². The molecule has 0 aliphatic carbocycles. The van der Waals surface area contributed by atoms with Crippen molar-refractivity contribution in [1.29, 1.82) is 5.26 Å². The van der Waals surface area contributed by atoms with Crippen molar-refractivity contribution in [3.05, 3.63) is 46.4 Å². The second-order valence-electron chi connectivity index (χ2n) is 4.47. The van der Waals surface area contributed by atoms with Gasteiger partial charge in [0.1, 0.15) is 11.9 Å². The van der Waals surface area contributed by atoms with Gasteiger partial charge in [-0.2, -0.15) is 5.26 Å². The Hall–Kier alpha value is -2.28. The van der Waals surface area contributed by atoms with Crippen LogP contribution in [0.4, 0.5) is 5.82 Å². The first-order valence-electron chi connectivity index (χ1n) is 5.81. The Morgan fingerprint density at radius 1 is 1.39 bits per heavy atom. The fourth-order valence-corrected chi connectivity index (χ4v) is 2.07. The number of rotatable bonds is 2. The lowest BCUT2D eigenvalue weighted by Gasteiger charge is -2.10. The molecular formula is C14H16N4. The Morgan fingerprint density at radius 2 is 2.11 bits per heavy atom. The van der Waals surface area contributed by atoms with Gasteiger partial charge in [-0.25, -0.2) is 0 Å². The Labute approximate surface area is 107 Å². The average Bonchev–Trinajstić information content (AvgIpc) is 2.56. The summed E-state index contributed by atoms with van der Waals surface area (Å²) in [6, 6.07) is 4.14. The van der Waals surface area contributed by atoms with Crippen molar-refractivity contribution in [2.75, 3.05) is 5.73 Å². The molecule has 0 aliphatic rings. The summed E-state index contributed by atoms with van der Waals surface area (Å²) in [4.78, 5) is 4.13. The van der Waals surface area contributed by atoms with Gasteiger partial charge in [-0.05, 0) is 43.5 Å². The fraction of sp³-hybridized carbons (Fsp3) is 0.286. The third-order valence-electron chi connectivity index (χ3n) is 3.46. The maximum Gasteiger partial charge on any atom is 0.122 e.